The fraction of sp³-hybridized carbons (Fsp3) is 0.133. The molecule has 3 aromatic rings. The van der Waals surface area contributed by atoms with Crippen molar-refractivity contribution in [3.05, 3.63) is 57.3 Å². The van der Waals surface area contributed by atoms with E-state index in [9.17, 15) is 0 Å². The lowest BCUT2D eigenvalue weighted by Gasteiger charge is -2.10. The smallest absolute Gasteiger partial charge is 0.115 e. The zero-order valence-corrected chi connectivity index (χ0v) is 13.8. The second kappa shape index (κ2) is 6.05. The van der Waals surface area contributed by atoms with Gasteiger partial charge >= 0.3 is 0 Å². The third-order valence-corrected chi connectivity index (χ3v) is 4.41. The monoisotopic (exact) mass is 358 g/mol. The number of alkyl halides is 1. The van der Waals surface area contributed by atoms with Gasteiger partial charge in [-0.05, 0) is 30.3 Å². The highest BCUT2D eigenvalue weighted by Gasteiger charge is 2.15. The van der Waals surface area contributed by atoms with Gasteiger partial charge in [-0.1, -0.05) is 40.9 Å². The van der Waals surface area contributed by atoms with Crippen molar-refractivity contribution < 1.29 is 0 Å². The lowest BCUT2D eigenvalue weighted by Crippen LogP contribution is -2.02. The van der Waals surface area contributed by atoms with E-state index in [1.54, 1.807) is 12.1 Å². The molecule has 21 heavy (non-hydrogen) atoms. The first-order valence-corrected chi connectivity index (χ1v) is 7.96. The van der Waals surface area contributed by atoms with Crippen LogP contribution in [-0.2, 0) is 6.42 Å². The van der Waals surface area contributed by atoms with E-state index in [-0.39, 0.29) is 0 Å². The van der Waals surface area contributed by atoms with Crippen molar-refractivity contribution in [2.45, 2.75) is 6.42 Å². The Balaban J connectivity index is 2.32. The van der Waals surface area contributed by atoms with Crippen LogP contribution in [0, 0.1) is 0 Å². The molecule has 2 aromatic carbocycles. The number of benzene rings is 2. The zero-order chi connectivity index (χ0) is 15.0. The first kappa shape index (κ1) is 15.0. The SMILES string of the molecule is ClCCc1nc2cccc(Cl)c2n1-c1ccc(Cl)c(Cl)c1. The van der Waals surface area contributed by atoms with E-state index in [2.05, 4.69) is 4.98 Å². The molecule has 0 aliphatic heterocycles. The summed E-state index contributed by atoms with van der Waals surface area (Å²) in [5.41, 5.74) is 2.53. The van der Waals surface area contributed by atoms with Crippen molar-refractivity contribution in [2.75, 3.05) is 5.88 Å². The fourth-order valence-electron chi connectivity index (χ4n) is 2.29. The van der Waals surface area contributed by atoms with Crippen LogP contribution in [0.1, 0.15) is 5.82 Å². The number of aromatic nitrogens is 2. The van der Waals surface area contributed by atoms with E-state index in [4.69, 9.17) is 46.4 Å². The lowest BCUT2D eigenvalue weighted by molar-refractivity contribution is 0.912. The highest BCUT2D eigenvalue weighted by atomic mass is 35.5. The third kappa shape index (κ3) is 2.74. The minimum atomic E-state index is 0.474. The number of fused-ring (bicyclic) bond motifs is 1. The molecule has 0 bridgehead atoms. The van der Waals surface area contributed by atoms with Crippen LogP contribution in [0.4, 0.5) is 0 Å². The Hall–Kier alpha value is -0.930. The molecule has 1 heterocycles. The van der Waals surface area contributed by atoms with Gasteiger partial charge in [0.05, 0.1) is 26.1 Å². The third-order valence-electron chi connectivity index (χ3n) is 3.18. The van der Waals surface area contributed by atoms with Gasteiger partial charge in [0.2, 0.25) is 0 Å². The Labute approximate surface area is 142 Å². The summed E-state index contributed by atoms with van der Waals surface area (Å²) in [7, 11) is 0. The second-order valence-corrected chi connectivity index (χ2v) is 6.11. The number of nitrogens with zero attached hydrogens (tertiary/aromatic N) is 2. The molecule has 0 spiro atoms. The van der Waals surface area contributed by atoms with Crippen molar-refractivity contribution in [1.29, 1.82) is 0 Å². The van der Waals surface area contributed by atoms with Gasteiger partial charge in [0.15, 0.2) is 0 Å². The molecule has 3 rings (SSSR count). The van der Waals surface area contributed by atoms with Crippen LogP contribution in [0.3, 0.4) is 0 Å². The Morgan fingerprint density at radius 3 is 2.48 bits per heavy atom. The molecule has 0 unspecified atom stereocenters. The van der Waals surface area contributed by atoms with Gasteiger partial charge < -0.3 is 0 Å². The van der Waals surface area contributed by atoms with E-state index in [1.165, 1.54) is 0 Å². The number of aryl methyl sites for hydroxylation is 1. The van der Waals surface area contributed by atoms with Crippen molar-refractivity contribution in [3.8, 4) is 5.69 Å². The summed E-state index contributed by atoms with van der Waals surface area (Å²) in [5, 5.41) is 1.63. The molecule has 0 radical (unpaired) electrons. The van der Waals surface area contributed by atoms with Crippen molar-refractivity contribution in [3.63, 3.8) is 0 Å². The predicted molar refractivity (Wildman–Crippen MR) is 90.5 cm³/mol. The van der Waals surface area contributed by atoms with E-state index < -0.39 is 0 Å². The van der Waals surface area contributed by atoms with Crippen LogP contribution < -0.4 is 0 Å². The Bertz CT molecular complexity index is 811. The van der Waals surface area contributed by atoms with E-state index in [0.29, 0.717) is 27.4 Å². The van der Waals surface area contributed by atoms with Gasteiger partial charge in [-0.15, -0.1) is 11.6 Å². The van der Waals surface area contributed by atoms with Crippen LogP contribution in [0.2, 0.25) is 15.1 Å². The van der Waals surface area contributed by atoms with Gasteiger partial charge in [0.1, 0.15) is 5.82 Å². The lowest BCUT2D eigenvalue weighted by atomic mass is 10.2. The minimum Gasteiger partial charge on any atom is -0.295 e. The average Bonchev–Trinajstić information content (AvgIpc) is 2.82. The molecular weight excluding hydrogens is 350 g/mol. The van der Waals surface area contributed by atoms with Crippen LogP contribution in [0.25, 0.3) is 16.7 Å². The zero-order valence-electron chi connectivity index (χ0n) is 10.8. The quantitative estimate of drug-likeness (QED) is 0.543. The summed E-state index contributed by atoms with van der Waals surface area (Å²) in [6.07, 6.45) is 0.632. The molecule has 0 fully saturated rings. The maximum Gasteiger partial charge on any atom is 0.115 e. The van der Waals surface area contributed by atoms with Crippen molar-refractivity contribution in [2.24, 2.45) is 0 Å². The summed E-state index contributed by atoms with van der Waals surface area (Å²) in [4.78, 5) is 4.61. The second-order valence-electron chi connectivity index (χ2n) is 4.51. The highest BCUT2D eigenvalue weighted by Crippen LogP contribution is 2.31. The fourth-order valence-corrected chi connectivity index (χ4v) is 3.00. The number of para-hydroxylation sites is 1. The van der Waals surface area contributed by atoms with Gasteiger partial charge in [0.25, 0.3) is 0 Å². The Kier molecular flexibility index (Phi) is 4.32. The molecule has 0 atom stereocenters. The molecule has 108 valence electrons. The van der Waals surface area contributed by atoms with Crippen molar-refractivity contribution in [1.82, 2.24) is 9.55 Å². The molecule has 0 amide bonds. The highest BCUT2D eigenvalue weighted by molar-refractivity contribution is 6.42. The molecular formula is C15H10Cl4N2. The summed E-state index contributed by atoms with van der Waals surface area (Å²) in [6, 6.07) is 11.1. The summed E-state index contributed by atoms with van der Waals surface area (Å²) in [6.45, 7) is 0. The predicted octanol–water partition coefficient (Wildman–Crippen LogP) is 5.77. The van der Waals surface area contributed by atoms with Crippen molar-refractivity contribution >= 4 is 57.4 Å². The Morgan fingerprint density at radius 1 is 0.952 bits per heavy atom. The molecule has 6 heteroatoms. The largest absolute Gasteiger partial charge is 0.295 e. The number of hydrogen-bond donors (Lipinski definition) is 0. The van der Waals surface area contributed by atoms with Gasteiger partial charge in [-0.3, -0.25) is 4.57 Å². The summed E-state index contributed by atoms with van der Waals surface area (Å²) >= 11 is 24.3. The standard InChI is InChI=1S/C15H10Cl4N2/c16-7-6-14-20-13-3-1-2-11(18)15(13)21(14)9-4-5-10(17)12(19)8-9/h1-5,8H,6-7H2. The van der Waals surface area contributed by atoms with E-state index in [0.717, 1.165) is 22.5 Å². The summed E-state index contributed by atoms with van der Waals surface area (Å²) in [5.74, 6) is 1.31. The summed E-state index contributed by atoms with van der Waals surface area (Å²) < 4.78 is 1.97. The topological polar surface area (TPSA) is 17.8 Å². The first-order valence-electron chi connectivity index (χ1n) is 6.29. The van der Waals surface area contributed by atoms with Gasteiger partial charge in [-0.25, -0.2) is 4.98 Å². The molecule has 0 aliphatic carbocycles. The van der Waals surface area contributed by atoms with Crippen LogP contribution in [0.5, 0.6) is 0 Å². The number of hydrogen-bond acceptors (Lipinski definition) is 1. The molecule has 0 saturated heterocycles. The Morgan fingerprint density at radius 2 is 1.76 bits per heavy atom. The van der Waals surface area contributed by atoms with Crippen LogP contribution >= 0.6 is 46.4 Å². The molecule has 0 saturated carbocycles. The van der Waals surface area contributed by atoms with E-state index >= 15 is 0 Å². The maximum absolute atomic E-state index is 6.34. The van der Waals surface area contributed by atoms with Gasteiger partial charge in [-0.2, -0.15) is 0 Å². The minimum absolute atomic E-state index is 0.474. The van der Waals surface area contributed by atoms with Crippen LogP contribution in [0.15, 0.2) is 36.4 Å². The number of halogens is 4. The average molecular weight is 360 g/mol. The maximum atomic E-state index is 6.34. The molecule has 0 aliphatic rings. The first-order chi connectivity index (χ1) is 10.1. The molecule has 0 N–H and O–H groups in total. The van der Waals surface area contributed by atoms with Crippen LogP contribution in [-0.4, -0.2) is 15.4 Å². The number of rotatable bonds is 3. The molecule has 2 nitrogen and oxygen atoms in total. The number of imidazole rings is 1. The van der Waals surface area contributed by atoms with E-state index in [1.807, 2.05) is 28.8 Å². The van der Waals surface area contributed by atoms with Gasteiger partial charge in [0, 0.05) is 18.0 Å². The normalized spacial score (nSPS) is 11.2. The molecule has 1 aromatic heterocycles.